The zero-order valence-corrected chi connectivity index (χ0v) is 13.9. The van der Waals surface area contributed by atoms with Crippen LogP contribution in [0.3, 0.4) is 0 Å². The van der Waals surface area contributed by atoms with Crippen LogP contribution in [0.1, 0.15) is 51.9 Å². The lowest BCUT2D eigenvalue weighted by atomic mass is 10.1. The Morgan fingerprint density at radius 1 is 1.30 bits per heavy atom. The summed E-state index contributed by atoms with van der Waals surface area (Å²) in [5, 5.41) is 8.09. The molecule has 4 heteroatoms. The number of rotatable bonds is 10. The number of hydrogen-bond acceptors (Lipinski definition) is 3. The summed E-state index contributed by atoms with van der Waals surface area (Å²) in [7, 11) is 2.03. The summed E-state index contributed by atoms with van der Waals surface area (Å²) in [6, 6.07) is 2.76. The average molecular weight is 280 g/mol. The first-order valence-corrected chi connectivity index (χ1v) is 8.08. The van der Waals surface area contributed by atoms with E-state index in [0.29, 0.717) is 6.04 Å². The molecule has 0 aromatic carbocycles. The van der Waals surface area contributed by atoms with E-state index in [2.05, 4.69) is 49.1 Å². The minimum atomic E-state index is 0.561. The summed E-state index contributed by atoms with van der Waals surface area (Å²) < 4.78 is 1.99. The summed E-state index contributed by atoms with van der Waals surface area (Å²) in [4.78, 5) is 2.49. The third kappa shape index (κ3) is 5.63. The van der Waals surface area contributed by atoms with E-state index in [1.54, 1.807) is 0 Å². The molecule has 1 N–H and O–H groups in total. The molecule has 1 atom stereocenters. The zero-order chi connectivity index (χ0) is 15.0. The van der Waals surface area contributed by atoms with Crippen molar-refractivity contribution in [1.29, 1.82) is 0 Å². The van der Waals surface area contributed by atoms with Gasteiger partial charge in [0.2, 0.25) is 0 Å². The second-order valence-electron chi connectivity index (χ2n) is 5.56. The normalized spacial score (nSPS) is 13.1. The van der Waals surface area contributed by atoms with Crippen molar-refractivity contribution < 1.29 is 0 Å². The van der Waals surface area contributed by atoms with Crippen molar-refractivity contribution in [2.45, 2.75) is 59.5 Å². The van der Waals surface area contributed by atoms with E-state index in [0.717, 1.165) is 26.1 Å². The van der Waals surface area contributed by atoms with Crippen LogP contribution in [0.25, 0.3) is 0 Å². The van der Waals surface area contributed by atoms with E-state index in [4.69, 9.17) is 0 Å². The lowest BCUT2D eigenvalue weighted by molar-refractivity contribution is 0.290. The first-order valence-electron chi connectivity index (χ1n) is 8.08. The van der Waals surface area contributed by atoms with Gasteiger partial charge in [-0.2, -0.15) is 5.10 Å². The molecule has 1 aromatic rings. The van der Waals surface area contributed by atoms with Crippen LogP contribution in [0, 0.1) is 0 Å². The Kier molecular flexibility index (Phi) is 7.85. The fraction of sp³-hybridized carbons (Fsp3) is 0.812. The van der Waals surface area contributed by atoms with Crippen molar-refractivity contribution in [1.82, 2.24) is 20.0 Å². The maximum atomic E-state index is 4.48. The van der Waals surface area contributed by atoms with Gasteiger partial charge in [0.15, 0.2) is 0 Å². The van der Waals surface area contributed by atoms with Crippen LogP contribution in [-0.2, 0) is 20.0 Å². The predicted molar refractivity (Wildman–Crippen MR) is 85.9 cm³/mol. The van der Waals surface area contributed by atoms with Crippen LogP contribution < -0.4 is 5.32 Å². The third-order valence-electron chi connectivity index (χ3n) is 4.03. The molecule has 1 aromatic heterocycles. The Morgan fingerprint density at radius 3 is 2.55 bits per heavy atom. The Labute approximate surface area is 124 Å². The lowest BCUT2D eigenvalue weighted by Gasteiger charge is -2.19. The average Bonchev–Trinajstić information content (AvgIpc) is 2.82. The summed E-state index contributed by atoms with van der Waals surface area (Å²) in [6.07, 6.45) is 3.50. The lowest BCUT2D eigenvalue weighted by Crippen LogP contribution is -2.29. The molecule has 1 rings (SSSR count). The number of aromatic nitrogens is 2. The molecule has 0 fully saturated rings. The first kappa shape index (κ1) is 17.2. The second kappa shape index (κ2) is 9.14. The van der Waals surface area contributed by atoms with E-state index < -0.39 is 0 Å². The van der Waals surface area contributed by atoms with E-state index in [1.165, 1.54) is 30.8 Å². The van der Waals surface area contributed by atoms with Crippen molar-refractivity contribution in [3.63, 3.8) is 0 Å². The van der Waals surface area contributed by atoms with Crippen molar-refractivity contribution in [3.8, 4) is 0 Å². The molecule has 0 saturated heterocycles. The fourth-order valence-electron chi connectivity index (χ4n) is 2.45. The molecular weight excluding hydrogens is 248 g/mol. The number of hydrogen-bond donors (Lipinski definition) is 1. The number of nitrogens with one attached hydrogen (secondary N) is 1. The molecule has 116 valence electrons. The van der Waals surface area contributed by atoms with Crippen molar-refractivity contribution in [3.05, 3.63) is 17.5 Å². The Morgan fingerprint density at radius 2 is 2.00 bits per heavy atom. The van der Waals surface area contributed by atoms with Crippen LogP contribution in [0.4, 0.5) is 0 Å². The molecule has 0 amide bonds. The summed E-state index contributed by atoms with van der Waals surface area (Å²) in [6.45, 7) is 13.3. The van der Waals surface area contributed by atoms with Crippen LogP contribution in [0.15, 0.2) is 6.07 Å². The minimum Gasteiger partial charge on any atom is -0.309 e. The highest BCUT2D eigenvalue weighted by atomic mass is 15.3. The summed E-state index contributed by atoms with van der Waals surface area (Å²) in [5.41, 5.74) is 2.45. The zero-order valence-electron chi connectivity index (χ0n) is 13.9. The highest BCUT2D eigenvalue weighted by Crippen LogP contribution is 2.05. The van der Waals surface area contributed by atoms with Crippen molar-refractivity contribution in [2.75, 3.05) is 19.6 Å². The van der Waals surface area contributed by atoms with E-state index in [1.807, 2.05) is 11.7 Å². The highest BCUT2D eigenvalue weighted by molar-refractivity contribution is 5.09. The molecular formula is C16H32N4. The second-order valence-corrected chi connectivity index (χ2v) is 5.56. The molecule has 0 radical (unpaired) electrons. The van der Waals surface area contributed by atoms with Gasteiger partial charge in [0.05, 0.1) is 11.4 Å². The van der Waals surface area contributed by atoms with Gasteiger partial charge in [-0.25, -0.2) is 0 Å². The van der Waals surface area contributed by atoms with Gasteiger partial charge in [0.25, 0.3) is 0 Å². The molecule has 0 bridgehead atoms. The Hall–Kier alpha value is -0.870. The maximum Gasteiger partial charge on any atom is 0.0625 e. The molecule has 0 spiro atoms. The van der Waals surface area contributed by atoms with Crippen molar-refractivity contribution >= 4 is 0 Å². The van der Waals surface area contributed by atoms with Crippen LogP contribution in [-0.4, -0.2) is 40.4 Å². The quantitative estimate of drug-likeness (QED) is 0.715. The smallest absolute Gasteiger partial charge is 0.0625 e. The van der Waals surface area contributed by atoms with Gasteiger partial charge in [-0.3, -0.25) is 4.68 Å². The van der Waals surface area contributed by atoms with E-state index in [-0.39, 0.29) is 0 Å². The van der Waals surface area contributed by atoms with Gasteiger partial charge in [-0.1, -0.05) is 20.8 Å². The van der Waals surface area contributed by atoms with Gasteiger partial charge in [0, 0.05) is 19.6 Å². The Balaban J connectivity index is 2.25. The first-order chi connectivity index (χ1) is 9.60. The maximum absolute atomic E-state index is 4.48. The van der Waals surface area contributed by atoms with E-state index >= 15 is 0 Å². The standard InChI is InChI=1S/C16H32N4/c1-6-15-12-16(19(5)18-15)13-17-14(4)10-9-11-20(7-2)8-3/h12,14,17H,6-11,13H2,1-5H3. The van der Waals surface area contributed by atoms with Gasteiger partial charge in [0.1, 0.15) is 0 Å². The molecule has 0 aliphatic heterocycles. The minimum absolute atomic E-state index is 0.561. The van der Waals surface area contributed by atoms with Crippen molar-refractivity contribution in [2.24, 2.45) is 7.05 Å². The SMILES string of the molecule is CCc1cc(CNC(C)CCCN(CC)CC)n(C)n1. The highest BCUT2D eigenvalue weighted by Gasteiger charge is 2.07. The Bertz CT molecular complexity index is 369. The molecule has 4 nitrogen and oxygen atoms in total. The van der Waals surface area contributed by atoms with E-state index in [9.17, 15) is 0 Å². The molecule has 1 unspecified atom stereocenters. The topological polar surface area (TPSA) is 33.1 Å². The predicted octanol–water partition coefficient (Wildman–Crippen LogP) is 2.58. The van der Waals surface area contributed by atoms with Crippen LogP contribution >= 0.6 is 0 Å². The van der Waals surface area contributed by atoms with Gasteiger partial charge in [-0.15, -0.1) is 0 Å². The van der Waals surface area contributed by atoms with Gasteiger partial charge < -0.3 is 10.2 Å². The monoisotopic (exact) mass is 280 g/mol. The molecule has 20 heavy (non-hydrogen) atoms. The largest absolute Gasteiger partial charge is 0.309 e. The van der Waals surface area contributed by atoms with Crippen LogP contribution in [0.5, 0.6) is 0 Å². The molecule has 0 saturated carbocycles. The summed E-state index contributed by atoms with van der Waals surface area (Å²) in [5.74, 6) is 0. The molecule has 0 aliphatic carbocycles. The molecule has 0 aliphatic rings. The van der Waals surface area contributed by atoms with Gasteiger partial charge >= 0.3 is 0 Å². The third-order valence-corrected chi connectivity index (χ3v) is 4.03. The fourth-order valence-corrected chi connectivity index (χ4v) is 2.45. The van der Waals surface area contributed by atoms with Gasteiger partial charge in [-0.05, 0) is 51.9 Å². The van der Waals surface area contributed by atoms with Crippen LogP contribution in [0.2, 0.25) is 0 Å². The molecule has 1 heterocycles. The summed E-state index contributed by atoms with van der Waals surface area (Å²) >= 11 is 0. The number of nitrogens with zero attached hydrogens (tertiary/aromatic N) is 3. The number of aryl methyl sites for hydroxylation is 2.